The smallest absolute Gasteiger partial charge is 0.308 e. The highest BCUT2D eigenvalue weighted by Gasteiger charge is 2.51. The molecule has 1 aromatic heterocycles. The number of nitrogens with zero attached hydrogens (tertiary/aromatic N) is 2. The molecular weight excluding hydrogens is 236 g/mol. The molecule has 2 fully saturated rings. The average Bonchev–Trinajstić information content (AvgIpc) is 3.05. The van der Waals surface area contributed by atoms with Crippen LogP contribution in [-0.2, 0) is 4.79 Å². The number of carboxylic acids is 1. The van der Waals surface area contributed by atoms with Crippen molar-refractivity contribution >= 4 is 11.9 Å². The van der Waals surface area contributed by atoms with Gasteiger partial charge in [-0.2, -0.15) is 15.4 Å². The summed E-state index contributed by atoms with van der Waals surface area (Å²) < 4.78 is 0. The Bertz CT molecular complexity index is 473. The lowest BCUT2D eigenvalue weighted by atomic mass is 9.84. The third-order valence-electron chi connectivity index (χ3n) is 4.15. The van der Waals surface area contributed by atoms with Gasteiger partial charge in [-0.05, 0) is 31.1 Å². The lowest BCUT2D eigenvalue weighted by Gasteiger charge is -2.28. The molecule has 0 aromatic carbocycles. The van der Waals surface area contributed by atoms with E-state index < -0.39 is 11.9 Å². The van der Waals surface area contributed by atoms with Crippen LogP contribution in [-0.4, -0.2) is 38.4 Å². The number of nitrogens with one attached hydrogen (secondary N) is 2. The van der Waals surface area contributed by atoms with E-state index in [9.17, 15) is 14.7 Å². The van der Waals surface area contributed by atoms with Gasteiger partial charge in [0, 0.05) is 6.04 Å². The van der Waals surface area contributed by atoms with E-state index in [0.717, 1.165) is 19.3 Å². The fraction of sp³-hybridized carbons (Fsp3) is 0.636. The van der Waals surface area contributed by atoms with Crippen molar-refractivity contribution in [3.05, 3.63) is 11.9 Å². The first-order valence-corrected chi connectivity index (χ1v) is 6.06. The summed E-state index contributed by atoms with van der Waals surface area (Å²) >= 11 is 0. The Morgan fingerprint density at radius 2 is 2.17 bits per heavy atom. The molecular formula is C11H14N4O3. The summed E-state index contributed by atoms with van der Waals surface area (Å²) in [6.07, 6.45) is 4.19. The number of aromatic nitrogens is 3. The van der Waals surface area contributed by atoms with Crippen LogP contribution in [0.1, 0.15) is 29.8 Å². The number of carbonyl (C=O) groups excluding carboxylic acids is 1. The first-order chi connectivity index (χ1) is 8.66. The molecule has 3 N–H and O–H groups in total. The highest BCUT2D eigenvalue weighted by Crippen LogP contribution is 2.48. The fourth-order valence-corrected chi connectivity index (χ4v) is 3.39. The third kappa shape index (κ3) is 1.66. The van der Waals surface area contributed by atoms with Gasteiger partial charge >= 0.3 is 5.97 Å². The second-order valence-electron chi connectivity index (χ2n) is 5.05. The second-order valence-corrected chi connectivity index (χ2v) is 5.05. The Morgan fingerprint density at radius 1 is 1.39 bits per heavy atom. The molecule has 4 atom stereocenters. The number of H-pyrrole nitrogens is 1. The van der Waals surface area contributed by atoms with Crippen LogP contribution in [0.3, 0.4) is 0 Å². The summed E-state index contributed by atoms with van der Waals surface area (Å²) in [7, 11) is 0. The van der Waals surface area contributed by atoms with Gasteiger partial charge in [-0.15, -0.1) is 0 Å². The third-order valence-corrected chi connectivity index (χ3v) is 4.15. The van der Waals surface area contributed by atoms with Crippen molar-refractivity contribution in [2.24, 2.45) is 17.8 Å². The zero-order valence-corrected chi connectivity index (χ0v) is 9.67. The number of hydrogen-bond acceptors (Lipinski definition) is 4. The number of hydrogen-bond donors (Lipinski definition) is 3. The van der Waals surface area contributed by atoms with Crippen LogP contribution >= 0.6 is 0 Å². The minimum absolute atomic E-state index is 0.196. The first-order valence-electron chi connectivity index (χ1n) is 6.06. The molecule has 0 saturated heterocycles. The molecule has 3 rings (SSSR count). The van der Waals surface area contributed by atoms with Crippen LogP contribution in [0.5, 0.6) is 0 Å². The highest BCUT2D eigenvalue weighted by atomic mass is 16.4. The van der Waals surface area contributed by atoms with E-state index in [-0.39, 0.29) is 29.5 Å². The maximum absolute atomic E-state index is 11.9. The number of carbonyl (C=O) groups is 2. The van der Waals surface area contributed by atoms with E-state index in [1.807, 2.05) is 0 Å². The van der Waals surface area contributed by atoms with Crippen LogP contribution in [0.2, 0.25) is 0 Å². The molecule has 4 unspecified atom stereocenters. The van der Waals surface area contributed by atoms with Crippen LogP contribution < -0.4 is 5.32 Å². The summed E-state index contributed by atoms with van der Waals surface area (Å²) in [5, 5.41) is 21.7. The van der Waals surface area contributed by atoms with E-state index in [0.29, 0.717) is 0 Å². The Labute approximate surface area is 103 Å². The summed E-state index contributed by atoms with van der Waals surface area (Å²) in [5.74, 6) is -1.14. The van der Waals surface area contributed by atoms with Gasteiger partial charge in [-0.1, -0.05) is 0 Å². The maximum Gasteiger partial charge on any atom is 0.308 e. The molecule has 96 valence electrons. The monoisotopic (exact) mass is 250 g/mol. The number of fused-ring (bicyclic) bond motifs is 2. The summed E-state index contributed by atoms with van der Waals surface area (Å²) in [4.78, 5) is 23.2. The van der Waals surface area contributed by atoms with Gasteiger partial charge in [0.25, 0.3) is 5.91 Å². The SMILES string of the molecule is O=C(NC1C2CCC(C2)C1C(=O)O)c1cn[nH]n1. The second kappa shape index (κ2) is 4.08. The number of carboxylic acid groups (broad SMARTS) is 1. The van der Waals surface area contributed by atoms with Gasteiger partial charge in [-0.3, -0.25) is 9.59 Å². The standard InChI is InChI=1S/C11H14N4O3/c16-10(7-4-12-15-14-7)13-9-6-2-1-5(3-6)8(9)11(17)18/h4-6,8-9H,1-3H2,(H,13,16)(H,17,18)(H,12,14,15). The normalized spacial score (nSPS) is 33.6. The van der Waals surface area contributed by atoms with Gasteiger partial charge in [0.2, 0.25) is 0 Å². The molecule has 7 nitrogen and oxygen atoms in total. The van der Waals surface area contributed by atoms with Crippen LogP contribution in [0.4, 0.5) is 0 Å². The van der Waals surface area contributed by atoms with E-state index in [1.165, 1.54) is 6.20 Å². The predicted octanol–water partition coefficient (Wildman–Crippen LogP) is 0.0338. The first kappa shape index (κ1) is 11.2. The molecule has 1 amide bonds. The molecule has 1 heterocycles. The van der Waals surface area contributed by atoms with Crippen LogP contribution in [0, 0.1) is 17.8 Å². The molecule has 1 aromatic rings. The zero-order chi connectivity index (χ0) is 12.7. The fourth-order valence-electron chi connectivity index (χ4n) is 3.39. The quantitative estimate of drug-likeness (QED) is 0.701. The lowest BCUT2D eigenvalue weighted by Crippen LogP contribution is -2.46. The van der Waals surface area contributed by atoms with Crippen molar-refractivity contribution in [2.45, 2.75) is 25.3 Å². The molecule has 2 saturated carbocycles. The zero-order valence-electron chi connectivity index (χ0n) is 9.67. The molecule has 0 radical (unpaired) electrons. The minimum Gasteiger partial charge on any atom is -0.481 e. The topological polar surface area (TPSA) is 108 Å². The van der Waals surface area contributed by atoms with Crippen LogP contribution in [0.15, 0.2) is 6.20 Å². The van der Waals surface area contributed by atoms with Crippen molar-refractivity contribution in [1.82, 2.24) is 20.7 Å². The molecule has 18 heavy (non-hydrogen) atoms. The Balaban J connectivity index is 1.75. The molecule has 2 aliphatic rings. The largest absolute Gasteiger partial charge is 0.481 e. The van der Waals surface area contributed by atoms with Crippen molar-refractivity contribution in [3.8, 4) is 0 Å². The van der Waals surface area contributed by atoms with Crippen molar-refractivity contribution < 1.29 is 14.7 Å². The molecule has 0 spiro atoms. The van der Waals surface area contributed by atoms with Gasteiger partial charge < -0.3 is 10.4 Å². The summed E-state index contributed by atoms with van der Waals surface area (Å²) in [5.41, 5.74) is 0.196. The Morgan fingerprint density at radius 3 is 2.83 bits per heavy atom. The molecule has 2 aliphatic carbocycles. The number of amides is 1. The van der Waals surface area contributed by atoms with Gasteiger partial charge in [0.1, 0.15) is 0 Å². The van der Waals surface area contributed by atoms with Gasteiger partial charge in [-0.25, -0.2) is 0 Å². The van der Waals surface area contributed by atoms with E-state index in [4.69, 9.17) is 0 Å². The average molecular weight is 250 g/mol. The van der Waals surface area contributed by atoms with Gasteiger partial charge in [0.05, 0.1) is 12.1 Å². The molecule has 7 heteroatoms. The number of rotatable bonds is 3. The Hall–Kier alpha value is -1.92. The van der Waals surface area contributed by atoms with Crippen LogP contribution in [0.25, 0.3) is 0 Å². The molecule has 0 aliphatic heterocycles. The van der Waals surface area contributed by atoms with Gasteiger partial charge in [0.15, 0.2) is 5.69 Å². The lowest BCUT2D eigenvalue weighted by molar-refractivity contribution is -0.144. The van der Waals surface area contributed by atoms with E-state index >= 15 is 0 Å². The predicted molar refractivity (Wildman–Crippen MR) is 59.6 cm³/mol. The van der Waals surface area contributed by atoms with E-state index in [1.54, 1.807) is 0 Å². The molecule has 2 bridgehead atoms. The number of aliphatic carboxylic acids is 1. The minimum atomic E-state index is -0.812. The number of aromatic amines is 1. The van der Waals surface area contributed by atoms with Crippen molar-refractivity contribution in [1.29, 1.82) is 0 Å². The summed E-state index contributed by atoms with van der Waals surface area (Å²) in [6.45, 7) is 0. The Kier molecular flexibility index (Phi) is 2.53. The van der Waals surface area contributed by atoms with Crippen molar-refractivity contribution in [3.63, 3.8) is 0 Å². The highest BCUT2D eigenvalue weighted by molar-refractivity contribution is 5.92. The maximum atomic E-state index is 11.9. The van der Waals surface area contributed by atoms with Crippen molar-refractivity contribution in [2.75, 3.05) is 0 Å². The van der Waals surface area contributed by atoms with E-state index in [2.05, 4.69) is 20.7 Å². The summed E-state index contributed by atoms with van der Waals surface area (Å²) in [6, 6.07) is -0.273.